The smallest absolute Gasteiger partial charge is 0.326 e. The van der Waals surface area contributed by atoms with E-state index in [0.717, 1.165) is 0 Å². The predicted molar refractivity (Wildman–Crippen MR) is 51.2 cm³/mol. The first-order valence-corrected chi connectivity index (χ1v) is 4.61. The summed E-state index contributed by atoms with van der Waals surface area (Å²) < 4.78 is 0. The van der Waals surface area contributed by atoms with Crippen molar-refractivity contribution in [3.63, 3.8) is 0 Å². The number of hydrogen-bond acceptors (Lipinski definition) is 3. The van der Waals surface area contributed by atoms with E-state index in [-0.39, 0.29) is 18.2 Å². The molecule has 2 heterocycles. The van der Waals surface area contributed by atoms with Crippen molar-refractivity contribution >= 4 is 11.9 Å². The number of nitrogens with zero attached hydrogens (tertiary/aromatic N) is 1. The Labute approximate surface area is 86.1 Å². The molecule has 1 aromatic rings. The van der Waals surface area contributed by atoms with E-state index in [4.69, 9.17) is 5.11 Å². The van der Waals surface area contributed by atoms with Gasteiger partial charge in [-0.2, -0.15) is 0 Å². The van der Waals surface area contributed by atoms with Gasteiger partial charge in [0.25, 0.3) is 0 Å². The zero-order valence-electron chi connectivity index (χ0n) is 7.88. The predicted octanol–water partition coefficient (Wildman–Crippen LogP) is 0.138. The summed E-state index contributed by atoms with van der Waals surface area (Å²) in [6.07, 6.45) is 1.78. The first-order chi connectivity index (χ1) is 7.18. The van der Waals surface area contributed by atoms with Crippen molar-refractivity contribution in [3.05, 3.63) is 30.1 Å². The van der Waals surface area contributed by atoms with Crippen LogP contribution in [-0.2, 0) is 9.59 Å². The molecule has 1 unspecified atom stereocenters. The molecule has 0 spiro atoms. The van der Waals surface area contributed by atoms with Crippen LogP contribution in [0.2, 0.25) is 0 Å². The summed E-state index contributed by atoms with van der Waals surface area (Å²) in [5, 5.41) is 11.3. The summed E-state index contributed by atoms with van der Waals surface area (Å²) in [4.78, 5) is 26.1. The summed E-state index contributed by atoms with van der Waals surface area (Å²) in [6.45, 7) is 0. The third kappa shape index (κ3) is 1.81. The number of hydrogen-bond donors (Lipinski definition) is 2. The van der Waals surface area contributed by atoms with Crippen LogP contribution >= 0.6 is 0 Å². The van der Waals surface area contributed by atoms with Crippen LogP contribution in [0.15, 0.2) is 24.4 Å². The monoisotopic (exact) mass is 206 g/mol. The van der Waals surface area contributed by atoms with Gasteiger partial charge >= 0.3 is 5.97 Å². The minimum Gasteiger partial charge on any atom is -0.480 e. The highest BCUT2D eigenvalue weighted by Crippen LogP contribution is 2.26. The van der Waals surface area contributed by atoms with E-state index in [0.29, 0.717) is 5.69 Å². The Bertz CT molecular complexity index is 391. The topological polar surface area (TPSA) is 79.3 Å². The van der Waals surface area contributed by atoms with E-state index in [1.54, 1.807) is 24.4 Å². The zero-order chi connectivity index (χ0) is 10.8. The van der Waals surface area contributed by atoms with Gasteiger partial charge in [0, 0.05) is 24.2 Å². The number of nitrogens with one attached hydrogen (secondary N) is 1. The fourth-order valence-corrected chi connectivity index (χ4v) is 1.76. The molecule has 1 fully saturated rings. The molecule has 78 valence electrons. The van der Waals surface area contributed by atoms with E-state index in [1.165, 1.54) is 0 Å². The number of pyridine rings is 1. The van der Waals surface area contributed by atoms with Crippen molar-refractivity contribution < 1.29 is 14.7 Å². The number of carboxylic acid groups (broad SMARTS) is 1. The fraction of sp³-hybridized carbons (Fsp3) is 0.300. The number of amides is 1. The van der Waals surface area contributed by atoms with Crippen LogP contribution in [0.25, 0.3) is 0 Å². The number of carbonyl (C=O) groups is 2. The first kappa shape index (κ1) is 9.64. The van der Waals surface area contributed by atoms with Gasteiger partial charge in [-0.05, 0) is 12.1 Å². The van der Waals surface area contributed by atoms with E-state index < -0.39 is 12.0 Å². The minimum atomic E-state index is -1.02. The summed E-state index contributed by atoms with van der Waals surface area (Å²) in [5.41, 5.74) is 0.642. The first-order valence-electron chi connectivity index (χ1n) is 4.61. The molecule has 0 radical (unpaired) electrons. The summed E-state index contributed by atoms with van der Waals surface area (Å²) in [5.74, 6) is -1.62. The van der Waals surface area contributed by atoms with Crippen molar-refractivity contribution in [1.29, 1.82) is 0 Å². The Morgan fingerprint density at radius 3 is 2.93 bits per heavy atom. The van der Waals surface area contributed by atoms with Crippen molar-refractivity contribution in [1.82, 2.24) is 10.3 Å². The van der Waals surface area contributed by atoms with Gasteiger partial charge in [-0.1, -0.05) is 6.07 Å². The highest BCUT2D eigenvalue weighted by Gasteiger charge is 2.38. The summed E-state index contributed by atoms with van der Waals surface area (Å²) in [7, 11) is 0. The molecular formula is C10H10N2O3. The number of carbonyl (C=O) groups excluding carboxylic acids is 1. The average Bonchev–Trinajstić information content (AvgIpc) is 2.62. The van der Waals surface area contributed by atoms with Crippen LogP contribution in [0.4, 0.5) is 0 Å². The van der Waals surface area contributed by atoms with Gasteiger partial charge in [0.1, 0.15) is 6.04 Å². The Morgan fingerprint density at radius 1 is 1.53 bits per heavy atom. The second kappa shape index (κ2) is 3.68. The van der Waals surface area contributed by atoms with E-state index in [9.17, 15) is 9.59 Å². The molecule has 2 atom stereocenters. The van der Waals surface area contributed by atoms with E-state index >= 15 is 0 Å². The standard InChI is InChI=1S/C10H10N2O3/c13-8-5-6(9(12-8)10(14)15)7-3-1-2-4-11-7/h1-4,6,9H,5H2,(H,12,13)(H,14,15)/t6?,9-/m0/s1. The van der Waals surface area contributed by atoms with Gasteiger partial charge in [-0.3, -0.25) is 9.78 Å². The molecule has 1 aromatic heterocycles. The van der Waals surface area contributed by atoms with E-state index in [1.807, 2.05) is 0 Å². The Balaban J connectivity index is 2.28. The van der Waals surface area contributed by atoms with Crippen molar-refractivity contribution in [2.75, 3.05) is 0 Å². The lowest BCUT2D eigenvalue weighted by Gasteiger charge is -2.13. The average molecular weight is 206 g/mol. The van der Waals surface area contributed by atoms with Crippen molar-refractivity contribution in [3.8, 4) is 0 Å². The maximum Gasteiger partial charge on any atom is 0.326 e. The second-order valence-corrected chi connectivity index (χ2v) is 3.45. The van der Waals surface area contributed by atoms with Gasteiger partial charge in [-0.25, -0.2) is 4.79 Å². The van der Waals surface area contributed by atoms with Crippen LogP contribution in [0, 0.1) is 0 Å². The molecule has 1 aliphatic rings. The fourth-order valence-electron chi connectivity index (χ4n) is 1.76. The van der Waals surface area contributed by atoms with Crippen molar-refractivity contribution in [2.45, 2.75) is 18.4 Å². The number of aliphatic carboxylic acids is 1. The summed E-state index contributed by atoms with van der Waals surface area (Å²) in [6, 6.07) is 4.42. The SMILES string of the molecule is O=C1CC(c2ccccn2)[C@@H](C(=O)O)N1. The molecule has 5 heteroatoms. The van der Waals surface area contributed by atoms with Crippen LogP contribution in [-0.4, -0.2) is 28.0 Å². The molecule has 1 aliphatic heterocycles. The molecule has 0 bridgehead atoms. The number of aromatic nitrogens is 1. The third-order valence-corrected chi connectivity index (χ3v) is 2.46. The van der Waals surface area contributed by atoms with Gasteiger partial charge in [0.2, 0.25) is 5.91 Å². The number of rotatable bonds is 2. The molecule has 15 heavy (non-hydrogen) atoms. The maximum atomic E-state index is 11.1. The molecule has 2 rings (SSSR count). The third-order valence-electron chi connectivity index (χ3n) is 2.46. The molecule has 2 N–H and O–H groups in total. The van der Waals surface area contributed by atoms with Crippen LogP contribution in [0.3, 0.4) is 0 Å². The van der Waals surface area contributed by atoms with E-state index in [2.05, 4.69) is 10.3 Å². The molecule has 5 nitrogen and oxygen atoms in total. The summed E-state index contributed by atoms with van der Waals surface area (Å²) >= 11 is 0. The molecule has 1 amide bonds. The van der Waals surface area contributed by atoms with Gasteiger partial charge < -0.3 is 10.4 Å². The van der Waals surface area contributed by atoms with Crippen molar-refractivity contribution in [2.24, 2.45) is 0 Å². The quantitative estimate of drug-likeness (QED) is 0.721. The Hall–Kier alpha value is -1.91. The molecular weight excluding hydrogens is 196 g/mol. The zero-order valence-corrected chi connectivity index (χ0v) is 7.88. The van der Waals surface area contributed by atoms with Gasteiger partial charge in [0.05, 0.1) is 0 Å². The Kier molecular flexibility index (Phi) is 2.37. The van der Waals surface area contributed by atoms with Gasteiger partial charge in [0.15, 0.2) is 0 Å². The van der Waals surface area contributed by atoms with Crippen LogP contribution in [0.5, 0.6) is 0 Å². The lowest BCUT2D eigenvalue weighted by Crippen LogP contribution is -2.36. The lowest BCUT2D eigenvalue weighted by atomic mass is 9.96. The maximum absolute atomic E-state index is 11.1. The van der Waals surface area contributed by atoms with Crippen LogP contribution < -0.4 is 5.32 Å². The molecule has 0 aromatic carbocycles. The lowest BCUT2D eigenvalue weighted by molar-refractivity contribution is -0.140. The molecule has 0 aliphatic carbocycles. The normalized spacial score (nSPS) is 24.9. The van der Waals surface area contributed by atoms with Crippen LogP contribution in [0.1, 0.15) is 18.0 Å². The molecule has 0 saturated carbocycles. The largest absolute Gasteiger partial charge is 0.480 e. The Morgan fingerprint density at radius 2 is 2.33 bits per heavy atom. The second-order valence-electron chi connectivity index (χ2n) is 3.45. The molecule has 1 saturated heterocycles. The minimum absolute atomic E-state index is 0.188. The highest BCUT2D eigenvalue weighted by atomic mass is 16.4. The highest BCUT2D eigenvalue weighted by molar-refractivity contribution is 5.89. The number of carboxylic acids is 1. The van der Waals surface area contributed by atoms with Gasteiger partial charge in [-0.15, -0.1) is 0 Å².